The molecular weight excluding hydrogens is 362 g/mol. The molecule has 2 aromatic rings. The van der Waals surface area contributed by atoms with Gasteiger partial charge in [0.25, 0.3) is 0 Å². The van der Waals surface area contributed by atoms with E-state index >= 15 is 0 Å². The van der Waals surface area contributed by atoms with E-state index in [1.807, 2.05) is 63.2 Å². The Morgan fingerprint density at radius 2 is 1.85 bits per heavy atom. The molecule has 0 saturated heterocycles. The van der Waals surface area contributed by atoms with Crippen LogP contribution in [0.4, 0.5) is 5.69 Å². The van der Waals surface area contributed by atoms with Crippen molar-refractivity contribution in [3.8, 4) is 0 Å². The Bertz CT molecular complexity index is 823. The van der Waals surface area contributed by atoms with Crippen molar-refractivity contribution in [2.75, 3.05) is 25.5 Å². The van der Waals surface area contributed by atoms with Gasteiger partial charge in [-0.05, 0) is 49.6 Å². The van der Waals surface area contributed by atoms with E-state index in [1.165, 1.54) is 4.90 Å². The number of likely N-dealkylation sites (N-methyl/N-ethyl adjacent to an activating group) is 1. The van der Waals surface area contributed by atoms with E-state index in [1.54, 1.807) is 7.05 Å². The fourth-order valence-electron chi connectivity index (χ4n) is 2.68. The van der Waals surface area contributed by atoms with Gasteiger partial charge in [0.05, 0.1) is 13.1 Å². The lowest BCUT2D eigenvalue weighted by atomic mass is 10.1. The second-order valence-electron chi connectivity index (χ2n) is 6.74. The van der Waals surface area contributed by atoms with Gasteiger partial charge in [-0.1, -0.05) is 41.9 Å². The number of nitrogens with one attached hydrogen (secondary N) is 2. The zero-order chi connectivity index (χ0) is 20.0. The minimum absolute atomic E-state index is 0.00559. The van der Waals surface area contributed by atoms with Crippen molar-refractivity contribution in [3.05, 3.63) is 64.2 Å². The van der Waals surface area contributed by atoms with Gasteiger partial charge < -0.3 is 15.5 Å². The topological polar surface area (TPSA) is 61.4 Å². The number of carbonyl (C=O) groups excluding carboxylic acids is 2. The van der Waals surface area contributed by atoms with Crippen LogP contribution in [0.3, 0.4) is 0 Å². The molecule has 0 spiro atoms. The highest BCUT2D eigenvalue weighted by atomic mass is 35.5. The van der Waals surface area contributed by atoms with Crippen LogP contribution < -0.4 is 10.6 Å². The Morgan fingerprint density at radius 3 is 2.56 bits per heavy atom. The molecule has 2 N–H and O–H groups in total. The summed E-state index contributed by atoms with van der Waals surface area (Å²) in [5.74, 6) is -0.385. The van der Waals surface area contributed by atoms with E-state index in [9.17, 15) is 9.59 Å². The molecule has 2 amide bonds. The molecule has 27 heavy (non-hydrogen) atoms. The number of hydrogen-bond donors (Lipinski definition) is 2. The molecule has 0 aliphatic carbocycles. The normalized spacial score (nSPS) is 11.7. The molecule has 1 atom stereocenters. The van der Waals surface area contributed by atoms with Gasteiger partial charge in [-0.15, -0.1) is 0 Å². The second kappa shape index (κ2) is 9.53. The fraction of sp³-hybridized carbons (Fsp3) is 0.333. The molecular formula is C21H26ClN3O2. The molecule has 144 valence electrons. The lowest BCUT2D eigenvalue weighted by Crippen LogP contribution is -2.40. The Kier molecular flexibility index (Phi) is 7.39. The van der Waals surface area contributed by atoms with Gasteiger partial charge >= 0.3 is 0 Å². The fourth-order valence-corrected chi connectivity index (χ4v) is 2.97. The average molecular weight is 388 g/mol. The summed E-state index contributed by atoms with van der Waals surface area (Å²) in [6, 6.07) is 13.3. The van der Waals surface area contributed by atoms with Gasteiger partial charge in [-0.25, -0.2) is 0 Å². The van der Waals surface area contributed by atoms with E-state index in [4.69, 9.17) is 11.6 Å². The smallest absolute Gasteiger partial charge is 0.243 e. The number of carbonyl (C=O) groups is 2. The van der Waals surface area contributed by atoms with Crippen molar-refractivity contribution in [1.82, 2.24) is 10.2 Å². The maximum absolute atomic E-state index is 12.3. The third-order valence-electron chi connectivity index (χ3n) is 4.40. The standard InChI is InChI=1S/C21H26ClN3O2/c1-14-9-10-15(2)19(11-14)24-20(26)13-25(4)21(27)12-23-16(3)17-7-5-6-8-18(17)22/h5-11,16,23H,12-13H2,1-4H3,(H,24,26)/t16-/m1/s1. The van der Waals surface area contributed by atoms with Crippen molar-refractivity contribution in [1.29, 1.82) is 0 Å². The highest BCUT2D eigenvalue weighted by Gasteiger charge is 2.16. The molecule has 0 heterocycles. The van der Waals surface area contributed by atoms with Crippen LogP contribution in [-0.2, 0) is 9.59 Å². The molecule has 0 aliphatic rings. The first kappa shape index (κ1) is 20.9. The molecule has 0 radical (unpaired) electrons. The Balaban J connectivity index is 1.85. The van der Waals surface area contributed by atoms with Gasteiger partial charge in [0, 0.05) is 23.8 Å². The summed E-state index contributed by atoms with van der Waals surface area (Å²) in [7, 11) is 1.62. The number of amides is 2. The lowest BCUT2D eigenvalue weighted by molar-refractivity contribution is -0.132. The maximum Gasteiger partial charge on any atom is 0.243 e. The molecule has 2 aromatic carbocycles. The van der Waals surface area contributed by atoms with Crippen LogP contribution in [-0.4, -0.2) is 36.9 Å². The maximum atomic E-state index is 12.3. The zero-order valence-corrected chi connectivity index (χ0v) is 16.9. The Morgan fingerprint density at radius 1 is 1.15 bits per heavy atom. The van der Waals surface area contributed by atoms with Crippen molar-refractivity contribution in [2.24, 2.45) is 0 Å². The highest BCUT2D eigenvalue weighted by Crippen LogP contribution is 2.21. The number of aryl methyl sites for hydroxylation is 2. The summed E-state index contributed by atoms with van der Waals surface area (Å²) >= 11 is 6.18. The molecule has 6 heteroatoms. The summed E-state index contributed by atoms with van der Waals surface area (Å²) in [6.07, 6.45) is 0. The molecule has 0 bridgehead atoms. The van der Waals surface area contributed by atoms with Gasteiger partial charge in [-0.3, -0.25) is 9.59 Å². The first-order valence-electron chi connectivity index (χ1n) is 8.87. The van der Waals surface area contributed by atoms with E-state index in [2.05, 4.69) is 10.6 Å². The molecule has 0 aliphatic heterocycles. The minimum atomic E-state index is -0.223. The van der Waals surface area contributed by atoms with Crippen LogP contribution in [0.1, 0.15) is 29.7 Å². The molecule has 0 unspecified atom stereocenters. The second-order valence-corrected chi connectivity index (χ2v) is 7.15. The number of anilines is 1. The average Bonchev–Trinajstić information content (AvgIpc) is 2.62. The van der Waals surface area contributed by atoms with E-state index in [-0.39, 0.29) is 30.9 Å². The monoisotopic (exact) mass is 387 g/mol. The van der Waals surface area contributed by atoms with E-state index < -0.39 is 0 Å². The zero-order valence-electron chi connectivity index (χ0n) is 16.2. The van der Waals surface area contributed by atoms with Crippen LogP contribution in [0, 0.1) is 13.8 Å². The summed E-state index contributed by atoms with van der Waals surface area (Å²) in [5, 5.41) is 6.68. The third kappa shape index (κ3) is 6.08. The summed E-state index contributed by atoms with van der Waals surface area (Å²) in [6.45, 7) is 5.97. The lowest BCUT2D eigenvalue weighted by Gasteiger charge is -2.20. The van der Waals surface area contributed by atoms with Gasteiger partial charge in [-0.2, -0.15) is 0 Å². The van der Waals surface area contributed by atoms with E-state index in [0.29, 0.717) is 5.02 Å². The Labute approximate surface area is 165 Å². The number of rotatable bonds is 7. The molecule has 0 aromatic heterocycles. The van der Waals surface area contributed by atoms with Gasteiger partial charge in [0.2, 0.25) is 11.8 Å². The molecule has 0 saturated carbocycles. The van der Waals surface area contributed by atoms with Gasteiger partial charge in [0.15, 0.2) is 0 Å². The molecule has 0 fully saturated rings. The summed E-state index contributed by atoms with van der Waals surface area (Å²) in [4.78, 5) is 26.0. The highest BCUT2D eigenvalue weighted by molar-refractivity contribution is 6.31. The SMILES string of the molecule is Cc1ccc(C)c(NC(=O)CN(C)C(=O)CN[C@H](C)c2ccccc2Cl)c1. The summed E-state index contributed by atoms with van der Waals surface area (Å²) in [5.41, 5.74) is 3.75. The first-order chi connectivity index (χ1) is 12.8. The molecule has 2 rings (SSSR count). The van der Waals surface area contributed by atoms with Gasteiger partial charge in [0.1, 0.15) is 0 Å². The number of benzene rings is 2. The quantitative estimate of drug-likeness (QED) is 0.761. The van der Waals surface area contributed by atoms with Crippen molar-refractivity contribution in [3.63, 3.8) is 0 Å². The van der Waals surface area contributed by atoms with Crippen molar-refractivity contribution < 1.29 is 9.59 Å². The third-order valence-corrected chi connectivity index (χ3v) is 4.75. The van der Waals surface area contributed by atoms with Crippen LogP contribution in [0.15, 0.2) is 42.5 Å². The Hall–Kier alpha value is -2.37. The first-order valence-corrected chi connectivity index (χ1v) is 9.24. The number of nitrogens with zero attached hydrogens (tertiary/aromatic N) is 1. The number of halogens is 1. The molecule has 5 nitrogen and oxygen atoms in total. The van der Waals surface area contributed by atoms with Crippen LogP contribution in [0.5, 0.6) is 0 Å². The number of hydrogen-bond acceptors (Lipinski definition) is 3. The minimum Gasteiger partial charge on any atom is -0.335 e. The van der Waals surface area contributed by atoms with E-state index in [0.717, 1.165) is 22.4 Å². The van der Waals surface area contributed by atoms with Crippen molar-refractivity contribution >= 4 is 29.1 Å². The summed E-state index contributed by atoms with van der Waals surface area (Å²) < 4.78 is 0. The predicted molar refractivity (Wildman–Crippen MR) is 110 cm³/mol. The van der Waals surface area contributed by atoms with Crippen molar-refractivity contribution in [2.45, 2.75) is 26.8 Å². The van der Waals surface area contributed by atoms with Crippen LogP contribution in [0.2, 0.25) is 5.02 Å². The van der Waals surface area contributed by atoms with Crippen LogP contribution in [0.25, 0.3) is 0 Å². The predicted octanol–water partition coefficient (Wildman–Crippen LogP) is 3.70. The van der Waals surface area contributed by atoms with Crippen LogP contribution >= 0.6 is 11.6 Å². The largest absolute Gasteiger partial charge is 0.335 e.